The van der Waals surface area contributed by atoms with E-state index in [-0.39, 0.29) is 29.2 Å². The van der Waals surface area contributed by atoms with Crippen molar-refractivity contribution >= 4 is 16.0 Å². The highest BCUT2D eigenvalue weighted by molar-refractivity contribution is 7.89. The van der Waals surface area contributed by atoms with Crippen LogP contribution in [0.4, 0.5) is 0 Å². The minimum absolute atomic E-state index is 0.0464. The fraction of sp³-hybridized carbons (Fsp3) is 0.375. The predicted octanol–water partition coefficient (Wildman–Crippen LogP) is 0.202. The van der Waals surface area contributed by atoms with Gasteiger partial charge in [0.2, 0.25) is 10.0 Å². The quantitative estimate of drug-likeness (QED) is 0.674. The molecule has 9 nitrogen and oxygen atoms in total. The summed E-state index contributed by atoms with van der Waals surface area (Å²) in [6.45, 7) is 0.320. The molecule has 0 unspecified atom stereocenters. The van der Waals surface area contributed by atoms with Gasteiger partial charge in [-0.1, -0.05) is 6.07 Å². The first-order valence-electron chi connectivity index (χ1n) is 8.02. The number of aromatic nitrogens is 2. The number of fused-ring (bicyclic) bond motifs is 1. The highest BCUT2D eigenvalue weighted by atomic mass is 32.2. The van der Waals surface area contributed by atoms with E-state index in [9.17, 15) is 18.3 Å². The Bertz CT molecular complexity index is 924. The van der Waals surface area contributed by atoms with Crippen molar-refractivity contribution in [1.29, 1.82) is 0 Å². The van der Waals surface area contributed by atoms with Crippen LogP contribution in [0.15, 0.2) is 35.2 Å². The summed E-state index contributed by atoms with van der Waals surface area (Å²) in [4.78, 5) is 11.0. The molecular weight excluding hydrogens is 362 g/mol. The smallest absolute Gasteiger partial charge is 0.335 e. The zero-order chi connectivity index (χ0) is 18.9. The molecule has 2 aromatic rings. The highest BCUT2D eigenvalue weighted by Gasteiger charge is 2.29. The van der Waals surface area contributed by atoms with Gasteiger partial charge in [-0.3, -0.25) is 4.68 Å². The number of carboxylic acid groups (broad SMARTS) is 1. The third-order valence-corrected chi connectivity index (χ3v) is 6.07. The maximum atomic E-state index is 12.9. The normalized spacial score (nSPS) is 16.7. The molecule has 140 valence electrons. The molecule has 1 aliphatic heterocycles. The lowest BCUT2D eigenvalue weighted by Crippen LogP contribution is -2.31. The van der Waals surface area contributed by atoms with Gasteiger partial charge in [-0.05, 0) is 30.7 Å². The number of aliphatic hydroxyl groups excluding tert-OH is 2. The molecule has 0 spiro atoms. The highest BCUT2D eigenvalue weighted by Crippen LogP contribution is 2.24. The number of aryl methyl sites for hydroxylation is 1. The lowest BCUT2D eigenvalue weighted by molar-refractivity contribution is 0.0696. The van der Waals surface area contributed by atoms with Crippen LogP contribution in [0.2, 0.25) is 0 Å². The Hall–Kier alpha value is -2.27. The predicted molar refractivity (Wildman–Crippen MR) is 89.9 cm³/mol. The van der Waals surface area contributed by atoms with Crippen LogP contribution >= 0.6 is 0 Å². The Morgan fingerprint density at radius 1 is 1.27 bits per heavy atom. The van der Waals surface area contributed by atoms with Crippen LogP contribution in [0.5, 0.6) is 0 Å². The molecule has 0 bridgehead atoms. The first-order chi connectivity index (χ1) is 12.3. The fourth-order valence-corrected chi connectivity index (χ4v) is 4.35. The number of sulfonamides is 1. The van der Waals surface area contributed by atoms with Gasteiger partial charge in [-0.25, -0.2) is 13.2 Å². The molecule has 3 rings (SSSR count). The van der Waals surface area contributed by atoms with Gasteiger partial charge in [0.05, 0.1) is 35.0 Å². The summed E-state index contributed by atoms with van der Waals surface area (Å²) >= 11 is 0. The average Bonchev–Trinajstić information content (AvgIpc) is 2.92. The van der Waals surface area contributed by atoms with Crippen molar-refractivity contribution in [2.75, 3.05) is 13.2 Å². The van der Waals surface area contributed by atoms with E-state index in [1.807, 2.05) is 0 Å². The van der Waals surface area contributed by atoms with E-state index in [1.165, 1.54) is 22.5 Å². The standard InChI is InChI=1S/C16H19N3O6S/c20-10-15(21)14-8-12-9-18(5-2-6-19(12)17-14)26(24,25)13-4-1-3-11(7-13)16(22)23/h1,3-4,7-8,15,20-21H,2,5-6,9-10H2,(H,22,23)/t15-/m1/s1. The molecule has 1 aromatic carbocycles. The largest absolute Gasteiger partial charge is 0.478 e. The number of aromatic carboxylic acids is 1. The van der Waals surface area contributed by atoms with Crippen LogP contribution in [0, 0.1) is 0 Å². The number of nitrogens with zero attached hydrogens (tertiary/aromatic N) is 3. The summed E-state index contributed by atoms with van der Waals surface area (Å²) in [6, 6.07) is 6.81. The van der Waals surface area contributed by atoms with E-state index in [4.69, 9.17) is 10.2 Å². The zero-order valence-electron chi connectivity index (χ0n) is 13.8. The van der Waals surface area contributed by atoms with Crippen molar-refractivity contribution in [3.8, 4) is 0 Å². The number of hydrogen-bond donors (Lipinski definition) is 3. The van der Waals surface area contributed by atoms with Crippen molar-refractivity contribution in [1.82, 2.24) is 14.1 Å². The number of rotatable bonds is 5. The zero-order valence-corrected chi connectivity index (χ0v) is 14.6. The fourth-order valence-electron chi connectivity index (χ4n) is 2.86. The Labute approximate surface area is 150 Å². The van der Waals surface area contributed by atoms with E-state index in [2.05, 4.69) is 5.10 Å². The van der Waals surface area contributed by atoms with Crippen LogP contribution in [-0.4, -0.2) is 56.9 Å². The summed E-state index contributed by atoms with van der Waals surface area (Å²) in [5.41, 5.74) is 0.789. The number of hydrogen-bond acceptors (Lipinski definition) is 6. The summed E-state index contributed by atoms with van der Waals surface area (Å²) in [7, 11) is -3.88. The molecule has 1 aliphatic rings. The minimum atomic E-state index is -3.88. The van der Waals surface area contributed by atoms with Gasteiger partial charge in [0.1, 0.15) is 6.10 Å². The second-order valence-corrected chi connectivity index (χ2v) is 7.95. The van der Waals surface area contributed by atoms with Crippen LogP contribution in [0.3, 0.4) is 0 Å². The molecule has 3 N–H and O–H groups in total. The van der Waals surface area contributed by atoms with Gasteiger partial charge >= 0.3 is 5.97 Å². The summed E-state index contributed by atoms with van der Waals surface area (Å²) < 4.78 is 28.8. The SMILES string of the molecule is O=C(O)c1cccc(S(=O)(=O)N2CCCn3nc([C@H](O)CO)cc3C2)c1. The molecule has 1 atom stereocenters. The number of carbonyl (C=O) groups is 1. The van der Waals surface area contributed by atoms with Crippen LogP contribution in [-0.2, 0) is 23.1 Å². The Morgan fingerprint density at radius 3 is 2.73 bits per heavy atom. The van der Waals surface area contributed by atoms with Crippen LogP contribution < -0.4 is 0 Å². The number of carboxylic acids is 1. The minimum Gasteiger partial charge on any atom is -0.478 e. The summed E-state index contributed by atoms with van der Waals surface area (Å²) in [5, 5.41) is 32.1. The molecule has 2 heterocycles. The van der Waals surface area contributed by atoms with Gasteiger partial charge in [0.25, 0.3) is 0 Å². The monoisotopic (exact) mass is 381 g/mol. The molecule has 1 aromatic heterocycles. The summed E-state index contributed by atoms with van der Waals surface area (Å²) in [5.74, 6) is -1.20. The van der Waals surface area contributed by atoms with Crippen LogP contribution in [0.25, 0.3) is 0 Å². The van der Waals surface area contributed by atoms with E-state index in [0.29, 0.717) is 18.7 Å². The third kappa shape index (κ3) is 3.49. The first kappa shape index (κ1) is 18.5. The topological polar surface area (TPSA) is 133 Å². The molecule has 0 radical (unpaired) electrons. The van der Waals surface area contributed by atoms with E-state index < -0.39 is 28.7 Å². The van der Waals surface area contributed by atoms with Crippen molar-refractivity contribution < 1.29 is 28.5 Å². The number of benzene rings is 1. The van der Waals surface area contributed by atoms with Gasteiger partial charge in [0, 0.05) is 13.1 Å². The molecule has 0 aliphatic carbocycles. The molecule has 26 heavy (non-hydrogen) atoms. The maximum absolute atomic E-state index is 12.9. The maximum Gasteiger partial charge on any atom is 0.335 e. The van der Waals surface area contributed by atoms with Gasteiger partial charge < -0.3 is 15.3 Å². The summed E-state index contributed by atoms with van der Waals surface area (Å²) in [6.07, 6.45) is -0.604. The lowest BCUT2D eigenvalue weighted by Gasteiger charge is -2.20. The second kappa shape index (κ2) is 7.16. The van der Waals surface area contributed by atoms with Crippen molar-refractivity contribution in [3.05, 3.63) is 47.3 Å². The molecule has 0 fully saturated rings. The Morgan fingerprint density at radius 2 is 2.04 bits per heavy atom. The third-order valence-electron chi connectivity index (χ3n) is 4.23. The van der Waals surface area contributed by atoms with Gasteiger partial charge in [-0.2, -0.15) is 9.40 Å². The molecular formula is C16H19N3O6S. The Balaban J connectivity index is 1.92. The molecule has 0 saturated heterocycles. The van der Waals surface area contributed by atoms with E-state index >= 15 is 0 Å². The van der Waals surface area contributed by atoms with Crippen molar-refractivity contribution in [3.63, 3.8) is 0 Å². The van der Waals surface area contributed by atoms with Gasteiger partial charge in [0.15, 0.2) is 0 Å². The van der Waals surface area contributed by atoms with Gasteiger partial charge in [-0.15, -0.1) is 0 Å². The number of aliphatic hydroxyl groups is 2. The Kier molecular flexibility index (Phi) is 5.10. The van der Waals surface area contributed by atoms with Crippen molar-refractivity contribution in [2.24, 2.45) is 0 Å². The van der Waals surface area contributed by atoms with Crippen LogP contribution in [0.1, 0.15) is 34.3 Å². The molecule has 10 heteroatoms. The second-order valence-electron chi connectivity index (χ2n) is 6.01. The molecule has 0 saturated carbocycles. The lowest BCUT2D eigenvalue weighted by atomic mass is 10.2. The van der Waals surface area contributed by atoms with E-state index in [1.54, 1.807) is 10.7 Å². The van der Waals surface area contributed by atoms with Crippen molar-refractivity contribution in [2.45, 2.75) is 30.5 Å². The first-order valence-corrected chi connectivity index (χ1v) is 9.46. The average molecular weight is 381 g/mol. The molecule has 0 amide bonds. The van der Waals surface area contributed by atoms with E-state index in [0.717, 1.165) is 6.07 Å².